The van der Waals surface area contributed by atoms with Gasteiger partial charge in [0.1, 0.15) is 5.76 Å². The van der Waals surface area contributed by atoms with E-state index < -0.39 is 0 Å². The predicted molar refractivity (Wildman–Crippen MR) is 87.1 cm³/mol. The monoisotopic (exact) mass is 307 g/mol. The molecule has 2 N–H and O–H groups in total. The molecule has 0 saturated heterocycles. The number of furan rings is 1. The molecule has 2 heterocycles. The molecule has 5 nitrogen and oxygen atoms in total. The summed E-state index contributed by atoms with van der Waals surface area (Å²) in [6, 6.07) is 11.8. The van der Waals surface area contributed by atoms with Crippen LogP contribution in [-0.2, 0) is 6.42 Å². The fraction of sp³-hybridized carbons (Fsp3) is 0.222. The van der Waals surface area contributed by atoms with Crippen molar-refractivity contribution < 1.29 is 9.21 Å². The molecule has 1 unspecified atom stereocenters. The van der Waals surface area contributed by atoms with E-state index in [0.717, 1.165) is 29.1 Å². The average Bonchev–Trinajstić information content (AvgIpc) is 3.17. The molecule has 0 fully saturated rings. The Labute approximate surface area is 133 Å². The van der Waals surface area contributed by atoms with E-state index >= 15 is 0 Å². The summed E-state index contributed by atoms with van der Waals surface area (Å²) in [7, 11) is 0. The van der Waals surface area contributed by atoms with Gasteiger partial charge < -0.3 is 9.73 Å². The van der Waals surface area contributed by atoms with E-state index in [2.05, 4.69) is 15.5 Å². The molecule has 1 aliphatic carbocycles. The fourth-order valence-electron chi connectivity index (χ4n) is 3.15. The van der Waals surface area contributed by atoms with Crippen LogP contribution in [-0.4, -0.2) is 16.0 Å². The van der Waals surface area contributed by atoms with Gasteiger partial charge in [-0.25, -0.2) is 0 Å². The van der Waals surface area contributed by atoms with Crippen molar-refractivity contribution >= 4 is 17.3 Å². The Morgan fingerprint density at radius 3 is 2.96 bits per heavy atom. The largest absolute Gasteiger partial charge is 0.469 e. The maximum Gasteiger partial charge on any atom is 0.169 e. The van der Waals surface area contributed by atoms with Gasteiger partial charge in [-0.2, -0.15) is 5.10 Å². The molecule has 0 amide bonds. The highest BCUT2D eigenvalue weighted by Crippen LogP contribution is 2.35. The van der Waals surface area contributed by atoms with Gasteiger partial charge in [0.05, 0.1) is 11.8 Å². The molecule has 2 aromatic heterocycles. The lowest BCUT2D eigenvalue weighted by Gasteiger charge is -2.19. The van der Waals surface area contributed by atoms with E-state index in [1.54, 1.807) is 6.26 Å². The van der Waals surface area contributed by atoms with Crippen molar-refractivity contribution in [1.29, 1.82) is 0 Å². The number of anilines is 2. The summed E-state index contributed by atoms with van der Waals surface area (Å²) in [5.74, 6) is 1.63. The summed E-state index contributed by atoms with van der Waals surface area (Å²) in [5.41, 5.74) is 3.64. The van der Waals surface area contributed by atoms with E-state index in [9.17, 15) is 4.79 Å². The van der Waals surface area contributed by atoms with Gasteiger partial charge in [0.25, 0.3) is 0 Å². The van der Waals surface area contributed by atoms with Gasteiger partial charge in [-0.3, -0.25) is 9.89 Å². The summed E-state index contributed by atoms with van der Waals surface area (Å²) in [6.07, 6.45) is 2.83. The standard InChI is InChI=1S/C18H17N3O2/c1-11-4-2-5-13(8-11)19-18-17-14(20-21-18)9-12(10-15(17)22)16-6-3-7-23-16/h2-8,12H,9-10H2,1H3,(H2,19,20,21). The van der Waals surface area contributed by atoms with E-state index in [4.69, 9.17) is 4.42 Å². The van der Waals surface area contributed by atoms with Gasteiger partial charge in [-0.1, -0.05) is 12.1 Å². The summed E-state index contributed by atoms with van der Waals surface area (Å²) in [4.78, 5) is 12.6. The Bertz CT molecular complexity index is 849. The van der Waals surface area contributed by atoms with Gasteiger partial charge in [-0.15, -0.1) is 0 Å². The first kappa shape index (κ1) is 13.8. The summed E-state index contributed by atoms with van der Waals surface area (Å²) in [6.45, 7) is 2.03. The van der Waals surface area contributed by atoms with Crippen LogP contribution in [0, 0.1) is 6.92 Å². The SMILES string of the molecule is Cc1cccc(Nc2n[nH]c3c2C(=O)CC(c2ccco2)C3)c1. The minimum absolute atomic E-state index is 0.0808. The van der Waals surface area contributed by atoms with Crippen LogP contribution in [0.1, 0.15) is 39.7 Å². The topological polar surface area (TPSA) is 70.9 Å². The first-order chi connectivity index (χ1) is 11.2. The number of benzene rings is 1. The zero-order valence-electron chi connectivity index (χ0n) is 12.8. The van der Waals surface area contributed by atoms with Crippen LogP contribution >= 0.6 is 0 Å². The van der Waals surface area contributed by atoms with Crippen molar-refractivity contribution in [1.82, 2.24) is 10.2 Å². The number of hydrogen-bond donors (Lipinski definition) is 2. The third-order valence-electron chi connectivity index (χ3n) is 4.23. The van der Waals surface area contributed by atoms with E-state index in [1.807, 2.05) is 43.3 Å². The average molecular weight is 307 g/mol. The number of aromatic nitrogens is 2. The Kier molecular flexibility index (Phi) is 3.26. The third kappa shape index (κ3) is 2.54. The second kappa shape index (κ2) is 5.43. The third-order valence-corrected chi connectivity index (χ3v) is 4.23. The van der Waals surface area contributed by atoms with Gasteiger partial charge in [0.15, 0.2) is 11.6 Å². The van der Waals surface area contributed by atoms with Gasteiger partial charge >= 0.3 is 0 Å². The van der Waals surface area contributed by atoms with Crippen molar-refractivity contribution in [3.8, 4) is 0 Å². The highest BCUT2D eigenvalue weighted by molar-refractivity contribution is 6.03. The summed E-state index contributed by atoms with van der Waals surface area (Å²) >= 11 is 0. The number of fused-ring (bicyclic) bond motifs is 1. The van der Waals surface area contributed by atoms with Gasteiger partial charge in [0, 0.05) is 30.1 Å². The molecule has 1 aliphatic rings. The maximum absolute atomic E-state index is 12.6. The fourth-order valence-corrected chi connectivity index (χ4v) is 3.15. The van der Waals surface area contributed by atoms with Crippen LogP contribution in [0.4, 0.5) is 11.5 Å². The zero-order valence-corrected chi connectivity index (χ0v) is 12.8. The summed E-state index contributed by atoms with van der Waals surface area (Å²) in [5, 5.41) is 10.6. The van der Waals surface area contributed by atoms with Crippen LogP contribution in [0.25, 0.3) is 0 Å². The molecule has 0 saturated carbocycles. The van der Waals surface area contributed by atoms with E-state index in [1.165, 1.54) is 0 Å². The number of carbonyl (C=O) groups excluding carboxylic acids is 1. The zero-order chi connectivity index (χ0) is 15.8. The lowest BCUT2D eigenvalue weighted by Crippen LogP contribution is -2.18. The van der Waals surface area contributed by atoms with Crippen molar-refractivity contribution in [2.75, 3.05) is 5.32 Å². The molecule has 0 radical (unpaired) electrons. The Hall–Kier alpha value is -2.82. The molecule has 0 bridgehead atoms. The number of ketones is 1. The van der Waals surface area contributed by atoms with Crippen LogP contribution in [0.5, 0.6) is 0 Å². The molecule has 0 spiro atoms. The number of nitrogens with zero attached hydrogens (tertiary/aromatic N) is 1. The number of H-pyrrole nitrogens is 1. The minimum atomic E-state index is 0.0808. The second-order valence-electron chi connectivity index (χ2n) is 5.96. The first-order valence-corrected chi connectivity index (χ1v) is 7.68. The lowest BCUT2D eigenvalue weighted by atomic mass is 9.85. The first-order valence-electron chi connectivity index (χ1n) is 7.68. The maximum atomic E-state index is 12.6. The van der Waals surface area contributed by atoms with Gasteiger partial charge in [-0.05, 0) is 36.8 Å². The molecular weight excluding hydrogens is 290 g/mol. The molecule has 4 rings (SSSR count). The van der Waals surface area contributed by atoms with Gasteiger partial charge in [0.2, 0.25) is 0 Å². The molecule has 1 atom stereocenters. The molecule has 23 heavy (non-hydrogen) atoms. The number of rotatable bonds is 3. The van der Waals surface area contributed by atoms with Crippen LogP contribution in [0.15, 0.2) is 47.1 Å². The Balaban J connectivity index is 1.63. The highest BCUT2D eigenvalue weighted by atomic mass is 16.3. The Morgan fingerprint density at radius 2 is 2.17 bits per heavy atom. The molecular formula is C18H17N3O2. The molecule has 0 aliphatic heterocycles. The predicted octanol–water partition coefficient (Wildman–Crippen LogP) is 3.97. The quantitative estimate of drug-likeness (QED) is 0.768. The smallest absolute Gasteiger partial charge is 0.169 e. The van der Waals surface area contributed by atoms with Crippen molar-refractivity contribution in [3.05, 3.63) is 65.2 Å². The number of Topliss-reactive ketones (excluding diaryl/α,β-unsaturated/α-hetero) is 1. The molecule has 116 valence electrons. The van der Waals surface area contributed by atoms with Crippen molar-refractivity contribution in [2.24, 2.45) is 0 Å². The van der Waals surface area contributed by atoms with E-state index in [0.29, 0.717) is 17.8 Å². The van der Waals surface area contributed by atoms with Crippen molar-refractivity contribution in [3.63, 3.8) is 0 Å². The Morgan fingerprint density at radius 1 is 1.26 bits per heavy atom. The molecule has 5 heteroatoms. The van der Waals surface area contributed by atoms with Crippen molar-refractivity contribution in [2.45, 2.75) is 25.7 Å². The number of hydrogen-bond acceptors (Lipinski definition) is 4. The molecule has 3 aromatic rings. The normalized spacial score (nSPS) is 17.1. The number of aryl methyl sites for hydroxylation is 1. The number of carbonyl (C=O) groups is 1. The molecule has 1 aromatic carbocycles. The number of aromatic amines is 1. The minimum Gasteiger partial charge on any atom is -0.469 e. The van der Waals surface area contributed by atoms with Crippen LogP contribution in [0.2, 0.25) is 0 Å². The van der Waals surface area contributed by atoms with Crippen LogP contribution < -0.4 is 5.32 Å². The lowest BCUT2D eigenvalue weighted by molar-refractivity contribution is 0.0961. The summed E-state index contributed by atoms with van der Waals surface area (Å²) < 4.78 is 5.45. The second-order valence-corrected chi connectivity index (χ2v) is 5.96. The number of nitrogens with one attached hydrogen (secondary N) is 2. The van der Waals surface area contributed by atoms with Crippen LogP contribution in [0.3, 0.4) is 0 Å². The highest BCUT2D eigenvalue weighted by Gasteiger charge is 2.32. The van der Waals surface area contributed by atoms with E-state index in [-0.39, 0.29) is 11.7 Å².